The number of carbonyl (C=O) groups is 2. The number of nitrogens with zero attached hydrogens (tertiary/aromatic N) is 1. The summed E-state index contributed by atoms with van der Waals surface area (Å²) in [6, 6.07) is 15.7. The van der Waals surface area contributed by atoms with Crippen LogP contribution in [-0.4, -0.2) is 43.9 Å². The molecule has 3 aromatic rings. The van der Waals surface area contributed by atoms with Gasteiger partial charge in [-0.1, -0.05) is 42.5 Å². The third-order valence-electron chi connectivity index (χ3n) is 5.69. The Morgan fingerprint density at radius 1 is 1.00 bits per heavy atom. The predicted octanol–water partition coefficient (Wildman–Crippen LogP) is 4.70. The number of hydrogen-bond donors (Lipinski definition) is 0. The van der Waals surface area contributed by atoms with Crippen molar-refractivity contribution in [2.75, 3.05) is 27.3 Å². The molecule has 0 N–H and O–H groups in total. The van der Waals surface area contributed by atoms with E-state index in [1.165, 1.54) is 21.2 Å². The maximum atomic E-state index is 13.0. The summed E-state index contributed by atoms with van der Waals surface area (Å²) in [6.45, 7) is 2.29. The summed E-state index contributed by atoms with van der Waals surface area (Å²) in [5.74, 6) is 0.908. The summed E-state index contributed by atoms with van der Waals surface area (Å²) in [7, 11) is 3.37. The van der Waals surface area contributed by atoms with Crippen LogP contribution < -0.4 is 9.47 Å². The third kappa shape index (κ3) is 4.37. The molecule has 0 spiro atoms. The molecule has 164 valence electrons. The fraction of sp³-hybridized carbons (Fsp3) is 0.259. The number of amides is 1. The van der Waals surface area contributed by atoms with Crippen molar-refractivity contribution in [3.63, 3.8) is 0 Å². The number of aryl methyl sites for hydroxylation is 2. The van der Waals surface area contributed by atoms with Gasteiger partial charge in [-0.25, -0.2) is 0 Å². The van der Waals surface area contributed by atoms with Crippen molar-refractivity contribution in [3.05, 3.63) is 76.9 Å². The van der Waals surface area contributed by atoms with E-state index in [0.717, 1.165) is 29.5 Å². The Hall–Kier alpha value is -3.60. The molecule has 0 fully saturated rings. The van der Waals surface area contributed by atoms with Crippen molar-refractivity contribution in [2.45, 2.75) is 19.8 Å². The van der Waals surface area contributed by atoms with Crippen LogP contribution in [0.3, 0.4) is 0 Å². The highest BCUT2D eigenvalue weighted by molar-refractivity contribution is 6.11. The van der Waals surface area contributed by atoms with E-state index in [9.17, 15) is 9.59 Å². The van der Waals surface area contributed by atoms with Gasteiger partial charge in [0.1, 0.15) is 0 Å². The van der Waals surface area contributed by atoms with E-state index in [1.807, 2.05) is 31.2 Å². The van der Waals surface area contributed by atoms with Crippen LogP contribution in [0.2, 0.25) is 0 Å². The maximum absolute atomic E-state index is 13.0. The molecule has 1 aliphatic carbocycles. The number of rotatable bonds is 8. The molecule has 0 aromatic heterocycles. The van der Waals surface area contributed by atoms with Gasteiger partial charge in [0.05, 0.1) is 6.61 Å². The minimum atomic E-state index is -0.131. The minimum absolute atomic E-state index is 0.00605. The first-order valence-electron chi connectivity index (χ1n) is 10.8. The molecule has 1 amide bonds. The van der Waals surface area contributed by atoms with Crippen LogP contribution >= 0.6 is 0 Å². The SMILES string of the molecule is CCOc1cc(/C=C/C(=O)c2ccc3cccc4c3c2CC4)ccc1OCC(=O)N(C)C. The minimum Gasteiger partial charge on any atom is -0.490 e. The van der Waals surface area contributed by atoms with Crippen LogP contribution in [0.25, 0.3) is 16.8 Å². The van der Waals surface area contributed by atoms with Crippen molar-refractivity contribution in [1.82, 2.24) is 4.90 Å². The van der Waals surface area contributed by atoms with Crippen LogP contribution in [-0.2, 0) is 17.6 Å². The molecule has 0 saturated carbocycles. The lowest BCUT2D eigenvalue weighted by Gasteiger charge is -2.14. The Labute approximate surface area is 188 Å². The van der Waals surface area contributed by atoms with E-state index < -0.39 is 0 Å². The standard InChI is InChI=1S/C27H27NO4/c1-4-31-25-16-18(9-15-24(25)32-17-26(30)28(2)3)8-14-23(29)21-12-10-19-6-5-7-20-11-13-22(21)27(19)20/h5-10,12,14-16H,4,11,13,17H2,1-3H3/b14-8+. The molecule has 5 heteroatoms. The molecule has 0 radical (unpaired) electrons. The largest absolute Gasteiger partial charge is 0.490 e. The van der Waals surface area contributed by atoms with Crippen LogP contribution in [0, 0.1) is 0 Å². The molecule has 3 aromatic carbocycles. The topological polar surface area (TPSA) is 55.8 Å². The number of ether oxygens (including phenoxy) is 2. The monoisotopic (exact) mass is 429 g/mol. The summed E-state index contributed by atoms with van der Waals surface area (Å²) >= 11 is 0. The highest BCUT2D eigenvalue weighted by Crippen LogP contribution is 2.34. The van der Waals surface area contributed by atoms with Gasteiger partial charge >= 0.3 is 0 Å². The van der Waals surface area contributed by atoms with Crippen LogP contribution in [0.1, 0.15) is 34.0 Å². The van der Waals surface area contributed by atoms with Gasteiger partial charge < -0.3 is 14.4 Å². The van der Waals surface area contributed by atoms with Gasteiger partial charge in [-0.05, 0) is 65.4 Å². The summed E-state index contributed by atoms with van der Waals surface area (Å²) in [6.07, 6.45) is 5.28. The fourth-order valence-corrected chi connectivity index (χ4v) is 4.04. The summed E-state index contributed by atoms with van der Waals surface area (Å²) in [5.41, 5.74) is 4.06. The highest BCUT2D eigenvalue weighted by Gasteiger charge is 2.19. The summed E-state index contributed by atoms with van der Waals surface area (Å²) in [5, 5.41) is 2.43. The molecule has 32 heavy (non-hydrogen) atoms. The van der Waals surface area contributed by atoms with Crippen LogP contribution in [0.15, 0.2) is 54.6 Å². The quantitative estimate of drug-likeness (QED) is 0.385. The van der Waals surface area contributed by atoms with Gasteiger partial charge in [0, 0.05) is 19.7 Å². The first-order valence-corrected chi connectivity index (χ1v) is 10.8. The van der Waals surface area contributed by atoms with E-state index in [-0.39, 0.29) is 18.3 Å². The van der Waals surface area contributed by atoms with Gasteiger partial charge in [0.2, 0.25) is 0 Å². The average Bonchev–Trinajstić information content (AvgIpc) is 3.23. The molecule has 5 nitrogen and oxygen atoms in total. The van der Waals surface area contributed by atoms with Gasteiger partial charge in [-0.3, -0.25) is 9.59 Å². The van der Waals surface area contributed by atoms with Gasteiger partial charge in [0.25, 0.3) is 5.91 Å². The second-order valence-corrected chi connectivity index (χ2v) is 8.02. The van der Waals surface area contributed by atoms with Crippen molar-refractivity contribution < 1.29 is 19.1 Å². The van der Waals surface area contributed by atoms with E-state index in [2.05, 4.69) is 18.2 Å². The molecule has 0 unspecified atom stereocenters. The lowest BCUT2D eigenvalue weighted by atomic mass is 9.97. The molecule has 0 heterocycles. The van der Waals surface area contributed by atoms with E-state index in [1.54, 1.807) is 32.3 Å². The molecule has 0 bridgehead atoms. The van der Waals surface area contributed by atoms with Gasteiger partial charge in [-0.2, -0.15) is 0 Å². The summed E-state index contributed by atoms with van der Waals surface area (Å²) < 4.78 is 11.3. The van der Waals surface area contributed by atoms with Crippen LogP contribution in [0.4, 0.5) is 0 Å². The first-order chi connectivity index (χ1) is 15.5. The molecule has 0 saturated heterocycles. The average molecular weight is 430 g/mol. The molecule has 0 aliphatic heterocycles. The Bertz CT molecular complexity index is 1210. The second kappa shape index (κ2) is 9.27. The zero-order valence-corrected chi connectivity index (χ0v) is 18.7. The van der Waals surface area contributed by atoms with Crippen molar-refractivity contribution >= 4 is 28.5 Å². The Morgan fingerprint density at radius 3 is 2.62 bits per heavy atom. The molecule has 4 rings (SSSR count). The Morgan fingerprint density at radius 2 is 1.84 bits per heavy atom. The molecular weight excluding hydrogens is 402 g/mol. The predicted molar refractivity (Wildman–Crippen MR) is 127 cm³/mol. The molecular formula is C27H27NO4. The van der Waals surface area contributed by atoms with Gasteiger partial charge in [0.15, 0.2) is 23.9 Å². The smallest absolute Gasteiger partial charge is 0.259 e. The zero-order chi connectivity index (χ0) is 22.7. The number of hydrogen-bond acceptors (Lipinski definition) is 4. The number of ketones is 1. The van der Waals surface area contributed by atoms with Crippen molar-refractivity contribution in [2.24, 2.45) is 0 Å². The first kappa shape index (κ1) is 21.6. The van der Waals surface area contributed by atoms with Crippen molar-refractivity contribution in [1.29, 1.82) is 0 Å². The number of benzene rings is 3. The summed E-state index contributed by atoms with van der Waals surface area (Å²) in [4.78, 5) is 26.3. The van der Waals surface area contributed by atoms with E-state index in [0.29, 0.717) is 18.1 Å². The van der Waals surface area contributed by atoms with Gasteiger partial charge in [-0.15, -0.1) is 0 Å². The molecule has 0 atom stereocenters. The number of likely N-dealkylation sites (N-methyl/N-ethyl adjacent to an activating group) is 1. The zero-order valence-electron chi connectivity index (χ0n) is 18.7. The number of carbonyl (C=O) groups excluding carboxylic acids is 2. The normalized spacial score (nSPS) is 12.3. The van der Waals surface area contributed by atoms with Crippen molar-refractivity contribution in [3.8, 4) is 11.5 Å². The van der Waals surface area contributed by atoms with E-state index in [4.69, 9.17) is 9.47 Å². The number of allylic oxidation sites excluding steroid dienone is 1. The fourth-order valence-electron chi connectivity index (χ4n) is 4.04. The lowest BCUT2D eigenvalue weighted by Crippen LogP contribution is -2.27. The Balaban J connectivity index is 1.54. The lowest BCUT2D eigenvalue weighted by molar-refractivity contribution is -0.130. The maximum Gasteiger partial charge on any atom is 0.259 e. The Kier molecular flexibility index (Phi) is 6.26. The van der Waals surface area contributed by atoms with E-state index >= 15 is 0 Å². The van der Waals surface area contributed by atoms with Crippen LogP contribution in [0.5, 0.6) is 11.5 Å². The third-order valence-corrected chi connectivity index (χ3v) is 5.69. The molecule has 1 aliphatic rings. The second-order valence-electron chi connectivity index (χ2n) is 8.02. The highest BCUT2D eigenvalue weighted by atomic mass is 16.5.